The van der Waals surface area contributed by atoms with Gasteiger partial charge in [0, 0.05) is 16.5 Å². The fraction of sp³-hybridized carbons (Fsp3) is 0.0500. The van der Waals surface area contributed by atoms with E-state index in [1.54, 1.807) is 5.01 Å². The first kappa shape index (κ1) is 17.6. The molecule has 0 atom stereocenters. The summed E-state index contributed by atoms with van der Waals surface area (Å²) in [4.78, 5) is 18.4. The van der Waals surface area contributed by atoms with Crippen LogP contribution in [0.2, 0.25) is 0 Å². The smallest absolute Gasteiger partial charge is 0.281 e. The van der Waals surface area contributed by atoms with Gasteiger partial charge in [-0.3, -0.25) is 15.2 Å². The summed E-state index contributed by atoms with van der Waals surface area (Å²) in [6.07, 6.45) is 1.52. The van der Waals surface area contributed by atoms with Gasteiger partial charge in [0.15, 0.2) is 0 Å². The standard InChI is InChI=1S/C20H14N4OS.BrH/c21-18-15-9-5-4-8-14(15)10-23(18)24-12-22-19-17(20(24)25)16(11-26-19)13-6-2-1-3-7-13;/h1-9,11-12,21H,10H2;1H. The third-order valence-corrected chi connectivity index (χ3v) is 5.56. The third kappa shape index (κ3) is 2.70. The van der Waals surface area contributed by atoms with Crippen LogP contribution in [0.3, 0.4) is 0 Å². The third-order valence-electron chi connectivity index (χ3n) is 4.67. The first-order chi connectivity index (χ1) is 12.7. The molecule has 0 spiro atoms. The summed E-state index contributed by atoms with van der Waals surface area (Å²) >= 11 is 1.47. The number of benzene rings is 2. The minimum Gasteiger partial charge on any atom is -0.283 e. The van der Waals surface area contributed by atoms with Gasteiger partial charge in [-0.1, -0.05) is 54.6 Å². The van der Waals surface area contributed by atoms with Gasteiger partial charge < -0.3 is 0 Å². The molecule has 0 fully saturated rings. The summed E-state index contributed by atoms with van der Waals surface area (Å²) < 4.78 is 1.46. The summed E-state index contributed by atoms with van der Waals surface area (Å²) in [6, 6.07) is 17.6. The van der Waals surface area contributed by atoms with Crippen molar-refractivity contribution in [3.63, 3.8) is 0 Å². The molecule has 7 heteroatoms. The maximum Gasteiger partial charge on any atom is 0.281 e. The maximum atomic E-state index is 13.3. The molecular weight excluding hydrogens is 424 g/mol. The molecule has 1 aliphatic heterocycles. The quantitative estimate of drug-likeness (QED) is 0.510. The molecule has 2 aromatic carbocycles. The van der Waals surface area contributed by atoms with Crippen molar-refractivity contribution in [3.05, 3.63) is 87.8 Å². The molecule has 5 rings (SSSR count). The average molecular weight is 439 g/mol. The van der Waals surface area contributed by atoms with E-state index in [9.17, 15) is 4.79 Å². The Balaban J connectivity index is 0.00000180. The zero-order chi connectivity index (χ0) is 17.7. The predicted molar refractivity (Wildman–Crippen MR) is 115 cm³/mol. The number of nitrogens with zero attached hydrogens (tertiary/aromatic N) is 3. The Morgan fingerprint density at radius 1 is 1.00 bits per heavy atom. The van der Waals surface area contributed by atoms with Gasteiger partial charge in [-0.2, -0.15) is 0 Å². The van der Waals surface area contributed by atoms with Crippen LogP contribution >= 0.6 is 28.3 Å². The minimum absolute atomic E-state index is 0. The molecule has 1 N–H and O–H groups in total. The summed E-state index contributed by atoms with van der Waals surface area (Å²) in [7, 11) is 0. The Kier molecular flexibility index (Phi) is 4.41. The number of hydrogen-bond acceptors (Lipinski definition) is 4. The highest BCUT2D eigenvalue weighted by Gasteiger charge is 2.27. The molecule has 0 bridgehead atoms. The predicted octanol–water partition coefficient (Wildman–Crippen LogP) is 4.18. The number of thiophene rings is 1. The topological polar surface area (TPSA) is 62.0 Å². The van der Waals surface area contributed by atoms with Crippen LogP contribution in [0.15, 0.2) is 71.1 Å². The average Bonchev–Trinajstić information content (AvgIpc) is 3.25. The van der Waals surface area contributed by atoms with Gasteiger partial charge in [0.1, 0.15) is 17.0 Å². The fourth-order valence-electron chi connectivity index (χ4n) is 3.38. The van der Waals surface area contributed by atoms with E-state index in [1.165, 1.54) is 22.3 Å². The fourth-order valence-corrected chi connectivity index (χ4v) is 4.28. The Labute approximate surface area is 169 Å². The van der Waals surface area contributed by atoms with Crippen molar-refractivity contribution in [1.82, 2.24) is 9.66 Å². The van der Waals surface area contributed by atoms with E-state index in [-0.39, 0.29) is 22.5 Å². The van der Waals surface area contributed by atoms with Gasteiger partial charge in [0.2, 0.25) is 0 Å². The number of amidine groups is 1. The lowest BCUT2D eigenvalue weighted by atomic mass is 10.1. The highest BCUT2D eigenvalue weighted by atomic mass is 79.9. The van der Waals surface area contributed by atoms with Crippen molar-refractivity contribution < 1.29 is 0 Å². The molecule has 3 heterocycles. The number of aromatic nitrogens is 2. The Morgan fingerprint density at radius 3 is 2.52 bits per heavy atom. The van der Waals surface area contributed by atoms with Gasteiger partial charge in [-0.15, -0.1) is 28.3 Å². The second-order valence-corrected chi connectivity index (χ2v) is 7.01. The van der Waals surface area contributed by atoms with E-state index in [4.69, 9.17) is 5.41 Å². The lowest BCUT2D eigenvalue weighted by Gasteiger charge is -2.19. The normalized spacial score (nSPS) is 12.9. The SMILES string of the molecule is Br.N=C1c2ccccc2CN1n1cnc2scc(-c3ccccc3)c2c1=O. The van der Waals surface area contributed by atoms with Crippen molar-refractivity contribution in [2.75, 3.05) is 5.01 Å². The first-order valence-electron chi connectivity index (χ1n) is 8.23. The first-order valence-corrected chi connectivity index (χ1v) is 9.11. The summed E-state index contributed by atoms with van der Waals surface area (Å²) in [5.74, 6) is 0.320. The zero-order valence-corrected chi connectivity index (χ0v) is 16.7. The molecular formula is C20H15BrN4OS. The van der Waals surface area contributed by atoms with Crippen molar-refractivity contribution in [3.8, 4) is 11.1 Å². The van der Waals surface area contributed by atoms with Gasteiger partial charge in [-0.25, -0.2) is 9.66 Å². The van der Waals surface area contributed by atoms with Crippen LogP contribution in [0.1, 0.15) is 11.1 Å². The van der Waals surface area contributed by atoms with Crippen molar-refractivity contribution >= 4 is 44.4 Å². The van der Waals surface area contributed by atoms with E-state index in [2.05, 4.69) is 4.98 Å². The molecule has 2 aromatic heterocycles. The van der Waals surface area contributed by atoms with E-state index < -0.39 is 0 Å². The Bertz CT molecular complexity index is 1220. The number of halogens is 1. The Morgan fingerprint density at radius 2 is 1.74 bits per heavy atom. The van der Waals surface area contributed by atoms with Crippen molar-refractivity contribution in [2.24, 2.45) is 0 Å². The van der Waals surface area contributed by atoms with Crippen LogP contribution < -0.4 is 10.6 Å². The highest BCUT2D eigenvalue weighted by molar-refractivity contribution is 8.93. The molecule has 0 aliphatic carbocycles. The number of fused-ring (bicyclic) bond motifs is 2. The largest absolute Gasteiger partial charge is 0.283 e. The molecule has 134 valence electrons. The minimum atomic E-state index is -0.146. The highest BCUT2D eigenvalue weighted by Crippen LogP contribution is 2.30. The molecule has 0 saturated heterocycles. The number of rotatable bonds is 2. The second kappa shape index (κ2) is 6.75. The lowest BCUT2D eigenvalue weighted by molar-refractivity contribution is 0.691. The summed E-state index contributed by atoms with van der Waals surface area (Å²) in [6.45, 7) is 0.493. The monoisotopic (exact) mass is 438 g/mol. The molecule has 0 unspecified atom stereocenters. The van der Waals surface area contributed by atoms with Crippen LogP contribution in [0.5, 0.6) is 0 Å². The van der Waals surface area contributed by atoms with Crippen LogP contribution in [0, 0.1) is 5.41 Å². The van der Waals surface area contributed by atoms with Gasteiger partial charge in [0.25, 0.3) is 5.56 Å². The van der Waals surface area contributed by atoms with Crippen LogP contribution in [0.25, 0.3) is 21.3 Å². The van der Waals surface area contributed by atoms with Crippen LogP contribution in [-0.4, -0.2) is 15.5 Å². The van der Waals surface area contributed by atoms with Gasteiger partial charge >= 0.3 is 0 Å². The maximum absolute atomic E-state index is 13.3. The van der Waals surface area contributed by atoms with Gasteiger partial charge in [-0.05, 0) is 11.1 Å². The lowest BCUT2D eigenvalue weighted by Crippen LogP contribution is -2.42. The van der Waals surface area contributed by atoms with E-state index in [0.29, 0.717) is 22.6 Å². The van der Waals surface area contributed by atoms with Gasteiger partial charge in [0.05, 0.1) is 11.9 Å². The summed E-state index contributed by atoms with van der Waals surface area (Å²) in [5.41, 5.74) is 3.63. The van der Waals surface area contributed by atoms with E-state index in [0.717, 1.165) is 22.3 Å². The Hall–Kier alpha value is -2.77. The van der Waals surface area contributed by atoms with Crippen molar-refractivity contribution in [1.29, 1.82) is 5.41 Å². The summed E-state index contributed by atoms with van der Waals surface area (Å²) in [5, 5.41) is 12.7. The molecule has 5 nitrogen and oxygen atoms in total. The van der Waals surface area contributed by atoms with Crippen LogP contribution in [0.4, 0.5) is 0 Å². The zero-order valence-electron chi connectivity index (χ0n) is 14.1. The van der Waals surface area contributed by atoms with Crippen molar-refractivity contribution in [2.45, 2.75) is 6.54 Å². The molecule has 0 saturated carbocycles. The second-order valence-electron chi connectivity index (χ2n) is 6.15. The number of hydrogen-bond donors (Lipinski definition) is 1. The van der Waals surface area contributed by atoms with Crippen LogP contribution in [-0.2, 0) is 6.54 Å². The van der Waals surface area contributed by atoms with E-state index >= 15 is 0 Å². The van der Waals surface area contributed by atoms with E-state index in [1.807, 2.05) is 60.0 Å². The molecule has 1 aliphatic rings. The molecule has 4 aromatic rings. The number of nitrogens with one attached hydrogen (secondary N) is 1. The molecule has 0 radical (unpaired) electrons. The molecule has 0 amide bonds. The molecule has 27 heavy (non-hydrogen) atoms.